The first kappa shape index (κ1) is 21.9. The molecule has 0 saturated heterocycles. The fourth-order valence-electron chi connectivity index (χ4n) is 3.26. The Morgan fingerprint density at radius 1 is 1.27 bits per heavy atom. The van der Waals surface area contributed by atoms with Gasteiger partial charge in [-0.15, -0.1) is 0 Å². The molecule has 2 aromatic carbocycles. The van der Waals surface area contributed by atoms with Crippen LogP contribution in [-0.2, 0) is 22.6 Å². The van der Waals surface area contributed by atoms with E-state index in [1.54, 1.807) is 32.0 Å². The third-order valence-electron chi connectivity index (χ3n) is 5.04. The number of hydrogen-bond donors (Lipinski definition) is 2. The number of rotatable bonds is 9. The van der Waals surface area contributed by atoms with Gasteiger partial charge in [0.15, 0.2) is 0 Å². The molecule has 0 spiro atoms. The molecule has 0 aliphatic rings. The van der Waals surface area contributed by atoms with E-state index in [1.165, 1.54) is 12.1 Å². The summed E-state index contributed by atoms with van der Waals surface area (Å²) >= 11 is 0. The lowest BCUT2D eigenvalue weighted by Crippen LogP contribution is -2.38. The SMILES string of the molecule is CCOCCn1c(CN[C@@H](C)C(N)=O)nc2cc(F)c(-c3ccc(F)c(C)c3)cc21. The highest BCUT2D eigenvalue weighted by Gasteiger charge is 2.17. The number of nitrogens with two attached hydrogens (primary N) is 1. The highest BCUT2D eigenvalue weighted by molar-refractivity contribution is 5.83. The van der Waals surface area contributed by atoms with Gasteiger partial charge in [-0.3, -0.25) is 10.1 Å². The number of imidazole rings is 1. The number of carbonyl (C=O) groups excluding carboxylic acids is 1. The minimum atomic E-state index is -0.528. The van der Waals surface area contributed by atoms with Crippen LogP contribution in [0.3, 0.4) is 0 Å². The molecule has 8 heteroatoms. The molecule has 0 bridgehead atoms. The maximum atomic E-state index is 14.9. The zero-order valence-electron chi connectivity index (χ0n) is 17.3. The minimum absolute atomic E-state index is 0.289. The van der Waals surface area contributed by atoms with Gasteiger partial charge in [0.1, 0.15) is 17.5 Å². The summed E-state index contributed by atoms with van der Waals surface area (Å²) in [5.74, 6) is -0.594. The molecule has 1 amide bonds. The summed E-state index contributed by atoms with van der Waals surface area (Å²) in [4.78, 5) is 15.9. The second kappa shape index (κ2) is 9.32. The van der Waals surface area contributed by atoms with Crippen molar-refractivity contribution in [1.82, 2.24) is 14.9 Å². The number of ether oxygens (including phenoxy) is 1. The topological polar surface area (TPSA) is 82.2 Å². The maximum absolute atomic E-state index is 14.9. The van der Waals surface area contributed by atoms with Gasteiger partial charge in [0.2, 0.25) is 5.91 Å². The van der Waals surface area contributed by atoms with Gasteiger partial charge in [-0.25, -0.2) is 13.8 Å². The van der Waals surface area contributed by atoms with Gasteiger partial charge in [0.25, 0.3) is 0 Å². The lowest BCUT2D eigenvalue weighted by atomic mass is 10.0. The number of fused-ring (bicyclic) bond motifs is 1. The van der Waals surface area contributed by atoms with E-state index in [0.717, 1.165) is 5.52 Å². The number of aromatic nitrogens is 2. The molecule has 0 saturated carbocycles. The van der Waals surface area contributed by atoms with Crippen LogP contribution in [0.5, 0.6) is 0 Å². The van der Waals surface area contributed by atoms with Crippen LogP contribution in [0.1, 0.15) is 25.2 Å². The van der Waals surface area contributed by atoms with Crippen molar-refractivity contribution in [1.29, 1.82) is 0 Å². The van der Waals surface area contributed by atoms with Crippen LogP contribution in [0.25, 0.3) is 22.2 Å². The highest BCUT2D eigenvalue weighted by atomic mass is 19.1. The van der Waals surface area contributed by atoms with E-state index in [2.05, 4.69) is 10.3 Å². The molecule has 160 valence electrons. The average molecular weight is 416 g/mol. The number of amides is 1. The fourth-order valence-corrected chi connectivity index (χ4v) is 3.26. The van der Waals surface area contributed by atoms with Crippen LogP contribution in [-0.4, -0.2) is 34.7 Å². The summed E-state index contributed by atoms with van der Waals surface area (Å²) in [7, 11) is 0. The van der Waals surface area contributed by atoms with Crippen molar-refractivity contribution in [3.8, 4) is 11.1 Å². The molecule has 1 heterocycles. The molecule has 1 atom stereocenters. The van der Waals surface area contributed by atoms with E-state index >= 15 is 0 Å². The number of carbonyl (C=O) groups is 1. The summed E-state index contributed by atoms with van der Waals surface area (Å²) in [6.45, 7) is 7.07. The summed E-state index contributed by atoms with van der Waals surface area (Å²) in [6, 6.07) is 7.09. The average Bonchev–Trinajstić information content (AvgIpc) is 3.04. The molecule has 0 radical (unpaired) electrons. The Morgan fingerprint density at radius 3 is 2.70 bits per heavy atom. The van der Waals surface area contributed by atoms with E-state index in [9.17, 15) is 13.6 Å². The van der Waals surface area contributed by atoms with Crippen molar-refractivity contribution in [2.24, 2.45) is 5.73 Å². The fraction of sp³-hybridized carbons (Fsp3) is 0.364. The molecule has 0 aliphatic heterocycles. The third-order valence-corrected chi connectivity index (χ3v) is 5.04. The summed E-state index contributed by atoms with van der Waals surface area (Å²) in [5, 5.41) is 3.03. The van der Waals surface area contributed by atoms with Crippen molar-refractivity contribution >= 4 is 16.9 Å². The Kier molecular flexibility index (Phi) is 6.79. The van der Waals surface area contributed by atoms with Crippen molar-refractivity contribution in [3.63, 3.8) is 0 Å². The molecule has 0 fully saturated rings. The van der Waals surface area contributed by atoms with Gasteiger partial charge < -0.3 is 15.0 Å². The van der Waals surface area contributed by atoms with Gasteiger partial charge >= 0.3 is 0 Å². The predicted molar refractivity (Wildman–Crippen MR) is 112 cm³/mol. The van der Waals surface area contributed by atoms with Crippen LogP contribution in [0.15, 0.2) is 30.3 Å². The van der Waals surface area contributed by atoms with Crippen LogP contribution in [0, 0.1) is 18.6 Å². The van der Waals surface area contributed by atoms with Gasteiger partial charge in [-0.1, -0.05) is 6.07 Å². The molecule has 3 N–H and O–H groups in total. The van der Waals surface area contributed by atoms with Crippen molar-refractivity contribution in [2.45, 2.75) is 39.9 Å². The molecule has 0 unspecified atom stereocenters. The maximum Gasteiger partial charge on any atom is 0.234 e. The monoisotopic (exact) mass is 416 g/mol. The quantitative estimate of drug-likeness (QED) is 0.525. The third kappa shape index (κ3) is 4.66. The van der Waals surface area contributed by atoms with E-state index in [-0.39, 0.29) is 12.4 Å². The number of primary amides is 1. The van der Waals surface area contributed by atoms with Crippen LogP contribution in [0.4, 0.5) is 8.78 Å². The van der Waals surface area contributed by atoms with E-state index in [1.807, 2.05) is 11.5 Å². The van der Waals surface area contributed by atoms with Gasteiger partial charge in [0, 0.05) is 24.8 Å². The largest absolute Gasteiger partial charge is 0.380 e. The Bertz CT molecular complexity index is 1060. The van der Waals surface area contributed by atoms with Crippen molar-refractivity contribution in [3.05, 3.63) is 53.4 Å². The summed E-state index contributed by atoms with van der Waals surface area (Å²) in [6.07, 6.45) is 0. The van der Waals surface area contributed by atoms with Gasteiger partial charge in [0.05, 0.1) is 30.2 Å². The first-order chi connectivity index (χ1) is 14.3. The predicted octanol–water partition coefficient (Wildman–Crippen LogP) is 3.29. The number of aryl methyl sites for hydroxylation is 1. The molecule has 6 nitrogen and oxygen atoms in total. The summed E-state index contributed by atoms with van der Waals surface area (Å²) < 4.78 is 35.9. The molecular weight excluding hydrogens is 390 g/mol. The number of nitrogens with zero attached hydrogens (tertiary/aromatic N) is 2. The molecule has 3 aromatic rings. The van der Waals surface area contributed by atoms with E-state index in [4.69, 9.17) is 10.5 Å². The molecule has 1 aromatic heterocycles. The molecule has 3 rings (SSSR count). The van der Waals surface area contributed by atoms with Gasteiger partial charge in [-0.05, 0) is 50.1 Å². The van der Waals surface area contributed by atoms with E-state index < -0.39 is 17.8 Å². The Labute approximate surface area is 174 Å². The van der Waals surface area contributed by atoms with E-state index in [0.29, 0.717) is 47.8 Å². The summed E-state index contributed by atoms with van der Waals surface area (Å²) in [5.41, 5.74) is 7.95. The zero-order valence-corrected chi connectivity index (χ0v) is 17.3. The first-order valence-electron chi connectivity index (χ1n) is 9.87. The Balaban J connectivity index is 2.05. The standard InChI is InChI=1S/C22H26F2N4O2/c1-4-30-8-7-28-20-10-16(15-5-6-17(23)13(2)9-15)18(24)11-19(20)27-21(28)12-26-14(3)22(25)29/h5-6,9-11,14,26H,4,7-8,12H2,1-3H3,(H2,25,29)/t14-/m0/s1. The Morgan fingerprint density at radius 2 is 2.03 bits per heavy atom. The molecule has 0 aliphatic carbocycles. The smallest absolute Gasteiger partial charge is 0.234 e. The highest BCUT2D eigenvalue weighted by Crippen LogP contribution is 2.29. The number of benzene rings is 2. The van der Waals surface area contributed by atoms with Crippen molar-refractivity contribution in [2.75, 3.05) is 13.2 Å². The van der Waals surface area contributed by atoms with Crippen LogP contribution < -0.4 is 11.1 Å². The van der Waals surface area contributed by atoms with Crippen LogP contribution >= 0.6 is 0 Å². The van der Waals surface area contributed by atoms with Gasteiger partial charge in [-0.2, -0.15) is 0 Å². The number of hydrogen-bond acceptors (Lipinski definition) is 4. The minimum Gasteiger partial charge on any atom is -0.380 e. The Hall–Kier alpha value is -2.84. The normalized spacial score (nSPS) is 12.4. The molecule has 30 heavy (non-hydrogen) atoms. The lowest BCUT2D eigenvalue weighted by Gasteiger charge is -2.13. The van der Waals surface area contributed by atoms with Crippen LogP contribution in [0.2, 0.25) is 0 Å². The second-order valence-corrected chi connectivity index (χ2v) is 7.17. The van der Waals surface area contributed by atoms with Crippen molar-refractivity contribution < 1.29 is 18.3 Å². The second-order valence-electron chi connectivity index (χ2n) is 7.17. The zero-order chi connectivity index (χ0) is 21.8. The number of nitrogens with one attached hydrogen (secondary N) is 1. The molecular formula is C22H26F2N4O2. The first-order valence-corrected chi connectivity index (χ1v) is 9.87. The number of halogens is 2. The lowest BCUT2D eigenvalue weighted by molar-refractivity contribution is -0.119.